The van der Waals surface area contributed by atoms with Crippen molar-refractivity contribution in [3.8, 4) is 5.75 Å². The number of aryl methyl sites for hydroxylation is 2. The Kier molecular flexibility index (Phi) is 5.16. The van der Waals surface area contributed by atoms with Crippen molar-refractivity contribution in [2.24, 2.45) is 5.92 Å². The molecule has 1 amide bonds. The van der Waals surface area contributed by atoms with Gasteiger partial charge in [-0.05, 0) is 57.4 Å². The topological polar surface area (TPSA) is 64.8 Å². The Hall–Kier alpha value is -2.34. The zero-order valence-electron chi connectivity index (χ0n) is 15.9. The van der Waals surface area contributed by atoms with E-state index in [0.717, 1.165) is 61.8 Å². The molecular formula is C21H26N2O4. The molecule has 27 heavy (non-hydrogen) atoms. The van der Waals surface area contributed by atoms with Crippen molar-refractivity contribution in [3.63, 3.8) is 0 Å². The number of carbonyl (C=O) groups excluding carboxylic acids is 1. The standard InChI is InChI=1S/C21H26N2O4/c1-14-20(15(2)27-22-14)13-26-19-7-3-17(4-8-19)21(24)23(18-5-6-18)11-16-9-10-25-12-16/h3-4,7-8,16,18H,5-6,9-13H2,1-2H3. The van der Waals surface area contributed by atoms with E-state index < -0.39 is 0 Å². The molecule has 2 heterocycles. The van der Waals surface area contributed by atoms with Gasteiger partial charge < -0.3 is 18.9 Å². The van der Waals surface area contributed by atoms with Crippen LogP contribution < -0.4 is 4.74 Å². The molecule has 1 aromatic heterocycles. The van der Waals surface area contributed by atoms with Crippen LogP contribution in [0.1, 0.15) is 46.6 Å². The summed E-state index contributed by atoms with van der Waals surface area (Å²) < 4.78 is 16.5. The highest BCUT2D eigenvalue weighted by Gasteiger charge is 2.35. The summed E-state index contributed by atoms with van der Waals surface area (Å²) in [6.45, 7) is 6.57. The molecule has 1 aromatic carbocycles. The predicted molar refractivity (Wildman–Crippen MR) is 99.7 cm³/mol. The first kappa shape index (κ1) is 18.0. The van der Waals surface area contributed by atoms with Crippen LogP contribution in [0.25, 0.3) is 0 Å². The SMILES string of the molecule is Cc1noc(C)c1COc1ccc(C(=O)N(CC2CCOC2)C2CC2)cc1. The summed E-state index contributed by atoms with van der Waals surface area (Å²) in [5, 5.41) is 3.94. The van der Waals surface area contributed by atoms with E-state index in [1.165, 1.54) is 0 Å². The van der Waals surface area contributed by atoms with Gasteiger partial charge in [0.05, 0.1) is 17.9 Å². The highest BCUT2D eigenvalue weighted by Crippen LogP contribution is 2.30. The van der Waals surface area contributed by atoms with Gasteiger partial charge in [-0.1, -0.05) is 5.16 Å². The van der Waals surface area contributed by atoms with E-state index in [-0.39, 0.29) is 5.91 Å². The fourth-order valence-corrected chi connectivity index (χ4v) is 3.51. The number of aromatic nitrogens is 1. The number of nitrogens with zero attached hydrogens (tertiary/aromatic N) is 2. The van der Waals surface area contributed by atoms with Crippen LogP contribution in [0, 0.1) is 19.8 Å². The van der Waals surface area contributed by atoms with Crippen LogP contribution in [-0.2, 0) is 11.3 Å². The summed E-state index contributed by atoms with van der Waals surface area (Å²) in [4.78, 5) is 15.0. The van der Waals surface area contributed by atoms with Crippen LogP contribution in [0.15, 0.2) is 28.8 Å². The normalized spacial score (nSPS) is 19.3. The lowest BCUT2D eigenvalue weighted by Crippen LogP contribution is -2.37. The second kappa shape index (κ2) is 7.72. The summed E-state index contributed by atoms with van der Waals surface area (Å²) in [5.41, 5.74) is 2.52. The van der Waals surface area contributed by atoms with Crippen molar-refractivity contribution in [2.75, 3.05) is 19.8 Å². The number of hydrogen-bond acceptors (Lipinski definition) is 5. The Morgan fingerprint density at radius 1 is 1.22 bits per heavy atom. The van der Waals surface area contributed by atoms with Crippen molar-refractivity contribution in [3.05, 3.63) is 46.8 Å². The fraction of sp³-hybridized carbons (Fsp3) is 0.524. The van der Waals surface area contributed by atoms with Gasteiger partial charge in [-0.25, -0.2) is 0 Å². The summed E-state index contributed by atoms with van der Waals surface area (Å²) in [6.07, 6.45) is 3.26. The van der Waals surface area contributed by atoms with E-state index in [9.17, 15) is 4.79 Å². The van der Waals surface area contributed by atoms with Gasteiger partial charge in [0.25, 0.3) is 5.91 Å². The van der Waals surface area contributed by atoms with Crippen molar-refractivity contribution in [1.29, 1.82) is 0 Å². The fourth-order valence-electron chi connectivity index (χ4n) is 3.51. The van der Waals surface area contributed by atoms with Crippen LogP contribution in [-0.4, -0.2) is 41.8 Å². The molecular weight excluding hydrogens is 344 g/mol. The van der Waals surface area contributed by atoms with Gasteiger partial charge in [-0.2, -0.15) is 0 Å². The van der Waals surface area contributed by atoms with Crippen LogP contribution in [0.2, 0.25) is 0 Å². The maximum atomic E-state index is 13.0. The summed E-state index contributed by atoms with van der Waals surface area (Å²) in [5.74, 6) is 2.08. The Labute approximate surface area is 159 Å². The summed E-state index contributed by atoms with van der Waals surface area (Å²) in [6, 6.07) is 7.81. The Morgan fingerprint density at radius 3 is 2.59 bits per heavy atom. The summed E-state index contributed by atoms with van der Waals surface area (Å²) >= 11 is 0. The van der Waals surface area contributed by atoms with Crippen LogP contribution >= 0.6 is 0 Å². The van der Waals surface area contributed by atoms with Crippen molar-refractivity contribution in [1.82, 2.24) is 10.1 Å². The number of benzene rings is 1. The van der Waals surface area contributed by atoms with Crippen LogP contribution in [0.5, 0.6) is 5.75 Å². The molecule has 1 aliphatic carbocycles. The first-order valence-electron chi connectivity index (χ1n) is 9.65. The van der Waals surface area contributed by atoms with E-state index in [1.54, 1.807) is 0 Å². The Balaban J connectivity index is 1.39. The van der Waals surface area contributed by atoms with E-state index in [1.807, 2.05) is 43.0 Å². The molecule has 4 rings (SSSR count). The molecule has 1 atom stereocenters. The lowest BCUT2D eigenvalue weighted by atomic mass is 10.1. The molecule has 144 valence electrons. The van der Waals surface area contributed by atoms with Gasteiger partial charge in [0.1, 0.15) is 18.1 Å². The third-order valence-corrected chi connectivity index (χ3v) is 5.39. The number of rotatable bonds is 7. The lowest BCUT2D eigenvalue weighted by molar-refractivity contribution is 0.0706. The van der Waals surface area contributed by atoms with Gasteiger partial charge in [0, 0.05) is 30.7 Å². The Bertz CT molecular complexity index is 770. The molecule has 0 radical (unpaired) electrons. The molecule has 6 heteroatoms. The molecule has 1 aliphatic heterocycles. The van der Waals surface area contributed by atoms with Gasteiger partial charge >= 0.3 is 0 Å². The van der Waals surface area contributed by atoms with E-state index in [0.29, 0.717) is 24.1 Å². The van der Waals surface area contributed by atoms with Crippen LogP contribution in [0.4, 0.5) is 0 Å². The number of amides is 1. The Morgan fingerprint density at radius 2 is 2.00 bits per heavy atom. The van der Waals surface area contributed by atoms with Gasteiger partial charge in [-0.15, -0.1) is 0 Å². The molecule has 0 spiro atoms. The van der Waals surface area contributed by atoms with Gasteiger partial charge in [-0.3, -0.25) is 4.79 Å². The molecule has 0 N–H and O–H groups in total. The summed E-state index contributed by atoms with van der Waals surface area (Å²) in [7, 11) is 0. The highest BCUT2D eigenvalue weighted by molar-refractivity contribution is 5.94. The van der Waals surface area contributed by atoms with E-state index >= 15 is 0 Å². The number of ether oxygens (including phenoxy) is 2. The third-order valence-electron chi connectivity index (χ3n) is 5.39. The predicted octanol–water partition coefficient (Wildman–Crippen LogP) is 3.51. The minimum atomic E-state index is 0.113. The second-order valence-electron chi connectivity index (χ2n) is 7.53. The molecule has 6 nitrogen and oxygen atoms in total. The van der Waals surface area contributed by atoms with Crippen LogP contribution in [0.3, 0.4) is 0 Å². The third kappa shape index (κ3) is 4.16. The van der Waals surface area contributed by atoms with Gasteiger partial charge in [0.15, 0.2) is 0 Å². The molecule has 2 fully saturated rings. The maximum Gasteiger partial charge on any atom is 0.254 e. The quantitative estimate of drug-likeness (QED) is 0.746. The minimum Gasteiger partial charge on any atom is -0.489 e. The molecule has 0 bridgehead atoms. The average molecular weight is 370 g/mol. The zero-order chi connectivity index (χ0) is 18.8. The number of carbonyl (C=O) groups is 1. The molecule has 2 aromatic rings. The smallest absolute Gasteiger partial charge is 0.254 e. The molecule has 1 saturated carbocycles. The maximum absolute atomic E-state index is 13.0. The monoisotopic (exact) mass is 370 g/mol. The van der Waals surface area contributed by atoms with E-state index in [2.05, 4.69) is 5.16 Å². The highest BCUT2D eigenvalue weighted by atomic mass is 16.5. The molecule has 1 saturated heterocycles. The lowest BCUT2D eigenvalue weighted by Gasteiger charge is -2.25. The first-order valence-corrected chi connectivity index (χ1v) is 9.65. The van der Waals surface area contributed by atoms with Crippen molar-refractivity contribution < 1.29 is 18.8 Å². The largest absolute Gasteiger partial charge is 0.489 e. The molecule has 2 aliphatic rings. The van der Waals surface area contributed by atoms with Crippen molar-refractivity contribution >= 4 is 5.91 Å². The second-order valence-corrected chi connectivity index (χ2v) is 7.53. The zero-order valence-corrected chi connectivity index (χ0v) is 15.9. The average Bonchev–Trinajstić information content (AvgIpc) is 3.30. The first-order chi connectivity index (χ1) is 13.1. The minimum absolute atomic E-state index is 0.113. The molecule has 1 unspecified atom stereocenters. The van der Waals surface area contributed by atoms with Gasteiger partial charge in [0.2, 0.25) is 0 Å². The number of hydrogen-bond donors (Lipinski definition) is 0. The van der Waals surface area contributed by atoms with Crippen molar-refractivity contribution in [2.45, 2.75) is 45.8 Å². The van der Waals surface area contributed by atoms with E-state index in [4.69, 9.17) is 14.0 Å².